The second-order valence-corrected chi connectivity index (χ2v) is 2.86. The Labute approximate surface area is 81.0 Å². The van der Waals surface area contributed by atoms with Crippen LogP contribution >= 0.6 is 11.6 Å². The molecule has 0 spiro atoms. The molecular formula is C9H8ClN3. The Kier molecular flexibility index (Phi) is 2.27. The lowest BCUT2D eigenvalue weighted by Crippen LogP contribution is -1.96. The molecule has 2 heterocycles. The summed E-state index contributed by atoms with van der Waals surface area (Å²) >= 11 is 5.67. The van der Waals surface area contributed by atoms with Gasteiger partial charge in [-0.2, -0.15) is 0 Å². The maximum Gasteiger partial charge on any atom is 0.138 e. The molecule has 0 aromatic carbocycles. The summed E-state index contributed by atoms with van der Waals surface area (Å²) in [5, 5.41) is 0. The molecule has 2 rings (SSSR count). The number of pyridine rings is 1. The molecule has 0 atom stereocenters. The first kappa shape index (κ1) is 8.26. The van der Waals surface area contributed by atoms with Gasteiger partial charge >= 0.3 is 0 Å². The van der Waals surface area contributed by atoms with E-state index in [0.29, 0.717) is 5.88 Å². The molecule has 0 saturated carbocycles. The van der Waals surface area contributed by atoms with Crippen molar-refractivity contribution in [3.8, 4) is 5.82 Å². The molecule has 3 nitrogen and oxygen atoms in total. The molecule has 2 aromatic rings. The first-order chi connectivity index (χ1) is 6.40. The van der Waals surface area contributed by atoms with Gasteiger partial charge in [-0.1, -0.05) is 6.07 Å². The van der Waals surface area contributed by atoms with Crippen molar-refractivity contribution in [3.05, 3.63) is 42.6 Å². The lowest BCUT2D eigenvalue weighted by Gasteiger charge is -2.01. The van der Waals surface area contributed by atoms with Crippen LogP contribution in [0.1, 0.15) is 5.69 Å². The van der Waals surface area contributed by atoms with Gasteiger partial charge in [0.15, 0.2) is 0 Å². The summed E-state index contributed by atoms with van der Waals surface area (Å²) in [5.74, 6) is 1.28. The molecule has 0 radical (unpaired) electrons. The standard InChI is InChI=1S/C9H8ClN3/c10-6-8-2-1-3-9(12-8)13-5-4-11-7-13/h1-5,7H,6H2. The van der Waals surface area contributed by atoms with Crippen LogP contribution in [0.5, 0.6) is 0 Å². The molecule has 0 aliphatic carbocycles. The molecule has 0 unspecified atom stereocenters. The Bertz CT molecular complexity index is 384. The highest BCUT2D eigenvalue weighted by molar-refractivity contribution is 6.16. The van der Waals surface area contributed by atoms with E-state index in [-0.39, 0.29) is 0 Å². The zero-order valence-electron chi connectivity index (χ0n) is 6.89. The molecular weight excluding hydrogens is 186 g/mol. The van der Waals surface area contributed by atoms with Gasteiger partial charge in [-0.25, -0.2) is 9.97 Å². The monoisotopic (exact) mass is 193 g/mol. The van der Waals surface area contributed by atoms with Crippen molar-refractivity contribution < 1.29 is 0 Å². The van der Waals surface area contributed by atoms with Gasteiger partial charge in [0.05, 0.1) is 11.6 Å². The van der Waals surface area contributed by atoms with E-state index in [1.165, 1.54) is 0 Å². The third-order valence-electron chi connectivity index (χ3n) is 1.70. The van der Waals surface area contributed by atoms with Crippen molar-refractivity contribution in [3.63, 3.8) is 0 Å². The number of aromatic nitrogens is 3. The summed E-state index contributed by atoms with van der Waals surface area (Å²) in [5.41, 5.74) is 0.868. The number of imidazole rings is 1. The number of alkyl halides is 1. The van der Waals surface area contributed by atoms with Gasteiger partial charge in [-0.3, -0.25) is 4.57 Å². The van der Waals surface area contributed by atoms with Crippen molar-refractivity contribution >= 4 is 11.6 Å². The van der Waals surface area contributed by atoms with Crippen LogP contribution in [0, 0.1) is 0 Å². The highest BCUT2D eigenvalue weighted by Gasteiger charge is 1.97. The molecule has 66 valence electrons. The van der Waals surface area contributed by atoms with Gasteiger partial charge in [-0.05, 0) is 12.1 Å². The summed E-state index contributed by atoms with van der Waals surface area (Å²) in [7, 11) is 0. The van der Waals surface area contributed by atoms with Gasteiger partial charge in [-0.15, -0.1) is 11.6 Å². The number of nitrogens with zero attached hydrogens (tertiary/aromatic N) is 3. The SMILES string of the molecule is ClCc1cccc(-n2ccnc2)n1. The van der Waals surface area contributed by atoms with Crippen LogP contribution in [0.2, 0.25) is 0 Å². The Morgan fingerprint density at radius 1 is 1.38 bits per heavy atom. The van der Waals surface area contributed by atoms with Crippen LogP contribution in [-0.2, 0) is 5.88 Å². The van der Waals surface area contributed by atoms with Crippen LogP contribution in [0.4, 0.5) is 0 Å². The smallest absolute Gasteiger partial charge is 0.138 e. The quantitative estimate of drug-likeness (QED) is 0.684. The molecule has 2 aromatic heterocycles. The summed E-state index contributed by atoms with van der Waals surface area (Å²) in [6, 6.07) is 5.74. The van der Waals surface area contributed by atoms with E-state index in [1.54, 1.807) is 12.5 Å². The lowest BCUT2D eigenvalue weighted by molar-refractivity contribution is 0.971. The van der Waals surface area contributed by atoms with Crippen molar-refractivity contribution in [1.29, 1.82) is 0 Å². The molecule has 13 heavy (non-hydrogen) atoms. The van der Waals surface area contributed by atoms with Crippen LogP contribution < -0.4 is 0 Å². The molecule has 0 N–H and O–H groups in total. The Morgan fingerprint density at radius 2 is 2.31 bits per heavy atom. The summed E-state index contributed by atoms with van der Waals surface area (Å²) in [6.07, 6.45) is 5.27. The minimum atomic E-state index is 0.433. The van der Waals surface area contributed by atoms with E-state index in [4.69, 9.17) is 11.6 Å². The molecule has 0 saturated heterocycles. The first-order valence-corrected chi connectivity index (χ1v) is 4.44. The van der Waals surface area contributed by atoms with E-state index < -0.39 is 0 Å². The van der Waals surface area contributed by atoms with Crippen LogP contribution in [0.25, 0.3) is 5.82 Å². The van der Waals surface area contributed by atoms with E-state index in [9.17, 15) is 0 Å². The van der Waals surface area contributed by atoms with Crippen LogP contribution in [0.15, 0.2) is 36.9 Å². The molecule has 0 aliphatic heterocycles. The van der Waals surface area contributed by atoms with E-state index in [1.807, 2.05) is 29.0 Å². The molecule has 0 amide bonds. The van der Waals surface area contributed by atoms with Crippen molar-refractivity contribution in [2.45, 2.75) is 5.88 Å². The maximum atomic E-state index is 5.67. The average molecular weight is 194 g/mol. The third kappa shape index (κ3) is 1.70. The predicted molar refractivity (Wildman–Crippen MR) is 50.9 cm³/mol. The second kappa shape index (κ2) is 3.58. The van der Waals surface area contributed by atoms with Crippen LogP contribution in [0.3, 0.4) is 0 Å². The maximum absolute atomic E-state index is 5.67. The highest BCUT2D eigenvalue weighted by atomic mass is 35.5. The number of hydrogen-bond acceptors (Lipinski definition) is 2. The van der Waals surface area contributed by atoms with Gasteiger partial charge in [0.1, 0.15) is 12.1 Å². The van der Waals surface area contributed by atoms with Gasteiger partial charge in [0, 0.05) is 12.4 Å². The molecule has 0 bridgehead atoms. The minimum Gasteiger partial charge on any atom is -0.291 e. The zero-order valence-corrected chi connectivity index (χ0v) is 7.65. The second-order valence-electron chi connectivity index (χ2n) is 2.59. The highest BCUT2D eigenvalue weighted by Crippen LogP contribution is 2.06. The lowest BCUT2D eigenvalue weighted by atomic mass is 10.4. The average Bonchev–Trinajstić information content (AvgIpc) is 2.71. The number of hydrogen-bond donors (Lipinski definition) is 0. The summed E-state index contributed by atoms with van der Waals surface area (Å²) < 4.78 is 1.84. The molecule has 4 heteroatoms. The summed E-state index contributed by atoms with van der Waals surface area (Å²) in [4.78, 5) is 8.27. The third-order valence-corrected chi connectivity index (χ3v) is 1.97. The number of rotatable bonds is 2. The Hall–Kier alpha value is -1.35. The summed E-state index contributed by atoms with van der Waals surface area (Å²) in [6.45, 7) is 0. The Balaban J connectivity index is 2.41. The van der Waals surface area contributed by atoms with Crippen LogP contribution in [-0.4, -0.2) is 14.5 Å². The fraction of sp³-hybridized carbons (Fsp3) is 0.111. The van der Waals surface area contributed by atoms with Crippen molar-refractivity contribution in [2.24, 2.45) is 0 Å². The topological polar surface area (TPSA) is 30.7 Å². The normalized spacial score (nSPS) is 10.2. The fourth-order valence-corrected chi connectivity index (χ4v) is 1.23. The molecule has 0 aliphatic rings. The fourth-order valence-electron chi connectivity index (χ4n) is 1.08. The van der Waals surface area contributed by atoms with E-state index >= 15 is 0 Å². The van der Waals surface area contributed by atoms with Crippen molar-refractivity contribution in [2.75, 3.05) is 0 Å². The van der Waals surface area contributed by atoms with Gasteiger partial charge in [0.25, 0.3) is 0 Å². The molecule has 0 fully saturated rings. The predicted octanol–water partition coefficient (Wildman–Crippen LogP) is 2.01. The van der Waals surface area contributed by atoms with Gasteiger partial charge in [0.2, 0.25) is 0 Å². The number of halogens is 1. The largest absolute Gasteiger partial charge is 0.291 e. The van der Waals surface area contributed by atoms with E-state index in [0.717, 1.165) is 11.5 Å². The minimum absolute atomic E-state index is 0.433. The zero-order chi connectivity index (χ0) is 9.10. The van der Waals surface area contributed by atoms with E-state index in [2.05, 4.69) is 9.97 Å². The first-order valence-electron chi connectivity index (χ1n) is 3.90. The van der Waals surface area contributed by atoms with Gasteiger partial charge < -0.3 is 0 Å². The van der Waals surface area contributed by atoms with Crippen molar-refractivity contribution in [1.82, 2.24) is 14.5 Å². The Morgan fingerprint density at radius 3 is 3.00 bits per heavy atom.